The van der Waals surface area contributed by atoms with Gasteiger partial charge in [0.2, 0.25) is 0 Å². The van der Waals surface area contributed by atoms with E-state index >= 15 is 0 Å². The zero-order valence-electron chi connectivity index (χ0n) is 15.5. The summed E-state index contributed by atoms with van der Waals surface area (Å²) >= 11 is 3.38. The minimum absolute atomic E-state index is 0.00671. The molecule has 0 atom stereocenters. The summed E-state index contributed by atoms with van der Waals surface area (Å²) < 4.78 is 0.883. The molecule has 142 valence electrons. The number of benzene rings is 2. The van der Waals surface area contributed by atoms with Gasteiger partial charge in [-0.3, -0.25) is 4.79 Å². The zero-order chi connectivity index (χ0) is 19.4. The van der Waals surface area contributed by atoms with Crippen molar-refractivity contribution in [3.63, 3.8) is 0 Å². The van der Waals surface area contributed by atoms with Crippen LogP contribution >= 0.6 is 15.9 Å². The van der Waals surface area contributed by atoms with Crippen LogP contribution in [0.15, 0.2) is 46.9 Å². The molecule has 1 aliphatic heterocycles. The number of rotatable bonds is 4. The van der Waals surface area contributed by atoms with E-state index < -0.39 is 0 Å². The number of hydrogen-bond acceptors (Lipinski definition) is 3. The van der Waals surface area contributed by atoms with E-state index in [1.54, 1.807) is 12.1 Å². The number of carbonyl (C=O) groups is 2. The summed E-state index contributed by atoms with van der Waals surface area (Å²) in [5.41, 5.74) is 2.70. The fourth-order valence-corrected chi connectivity index (χ4v) is 3.52. The second-order valence-corrected chi connectivity index (χ2v) is 7.63. The number of halogens is 1. The molecule has 6 nitrogen and oxygen atoms in total. The van der Waals surface area contributed by atoms with E-state index in [0.717, 1.165) is 36.1 Å². The number of urea groups is 1. The van der Waals surface area contributed by atoms with Crippen molar-refractivity contribution in [1.29, 1.82) is 0 Å². The third kappa shape index (κ3) is 4.80. The fraction of sp³-hybridized carbons (Fsp3) is 0.300. The predicted molar refractivity (Wildman–Crippen MR) is 113 cm³/mol. The Morgan fingerprint density at radius 1 is 1.00 bits per heavy atom. The van der Waals surface area contributed by atoms with Crippen molar-refractivity contribution >= 4 is 44.9 Å². The fourth-order valence-electron chi connectivity index (χ4n) is 3.13. The van der Waals surface area contributed by atoms with Crippen molar-refractivity contribution < 1.29 is 9.59 Å². The van der Waals surface area contributed by atoms with Crippen LogP contribution in [0, 0.1) is 0 Å². The smallest absolute Gasteiger partial charge is 0.323 e. The van der Waals surface area contributed by atoms with Gasteiger partial charge in [-0.05, 0) is 49.2 Å². The highest BCUT2D eigenvalue weighted by Crippen LogP contribution is 2.26. The standard InChI is InChI=1S/C20H23BrN4O2/c1-24(2)18-9-8-16(13-17(18)19(26)25-10-3-4-11-25)23-20(27)22-15-7-5-6-14(21)12-15/h5-9,12-13H,3-4,10-11H2,1-2H3,(H2,22,23,27). The van der Waals surface area contributed by atoms with Crippen molar-refractivity contribution in [2.24, 2.45) is 0 Å². The number of amides is 3. The summed E-state index contributed by atoms with van der Waals surface area (Å²) in [6, 6.07) is 12.4. The summed E-state index contributed by atoms with van der Waals surface area (Å²) in [6.07, 6.45) is 2.08. The van der Waals surface area contributed by atoms with E-state index in [1.807, 2.05) is 54.2 Å². The van der Waals surface area contributed by atoms with E-state index in [2.05, 4.69) is 26.6 Å². The molecule has 0 radical (unpaired) electrons. The first kappa shape index (κ1) is 19.2. The molecule has 1 fully saturated rings. The van der Waals surface area contributed by atoms with Gasteiger partial charge < -0.3 is 20.4 Å². The highest BCUT2D eigenvalue weighted by Gasteiger charge is 2.23. The number of hydrogen-bond donors (Lipinski definition) is 2. The Hall–Kier alpha value is -2.54. The van der Waals surface area contributed by atoms with Crippen LogP contribution in [0.1, 0.15) is 23.2 Å². The van der Waals surface area contributed by atoms with Crippen molar-refractivity contribution in [2.45, 2.75) is 12.8 Å². The second kappa shape index (κ2) is 8.43. The lowest BCUT2D eigenvalue weighted by atomic mass is 10.1. The number of nitrogens with zero attached hydrogens (tertiary/aromatic N) is 2. The SMILES string of the molecule is CN(C)c1ccc(NC(=O)Nc2cccc(Br)c2)cc1C(=O)N1CCCC1. The Bertz CT molecular complexity index is 848. The van der Waals surface area contributed by atoms with E-state index in [4.69, 9.17) is 0 Å². The Morgan fingerprint density at radius 2 is 1.67 bits per heavy atom. The van der Waals surface area contributed by atoms with Crippen molar-refractivity contribution in [3.8, 4) is 0 Å². The minimum atomic E-state index is -0.356. The Labute approximate surface area is 167 Å². The van der Waals surface area contributed by atoms with Gasteiger partial charge in [-0.2, -0.15) is 0 Å². The van der Waals surface area contributed by atoms with Gasteiger partial charge in [0.1, 0.15) is 0 Å². The van der Waals surface area contributed by atoms with E-state index in [0.29, 0.717) is 16.9 Å². The highest BCUT2D eigenvalue weighted by atomic mass is 79.9. The van der Waals surface area contributed by atoms with E-state index in [1.165, 1.54) is 0 Å². The Balaban J connectivity index is 1.78. The van der Waals surface area contributed by atoms with Gasteiger partial charge in [0.05, 0.1) is 5.56 Å². The lowest BCUT2D eigenvalue weighted by molar-refractivity contribution is 0.0793. The third-order valence-corrected chi connectivity index (χ3v) is 4.94. The maximum atomic E-state index is 12.9. The summed E-state index contributed by atoms with van der Waals surface area (Å²) in [5, 5.41) is 5.59. The van der Waals surface area contributed by atoms with Gasteiger partial charge in [-0.25, -0.2) is 4.79 Å². The van der Waals surface area contributed by atoms with Crippen LogP contribution in [0.25, 0.3) is 0 Å². The first-order chi connectivity index (χ1) is 12.9. The van der Waals surface area contributed by atoms with Crippen LogP contribution in [-0.4, -0.2) is 44.0 Å². The van der Waals surface area contributed by atoms with Gasteiger partial charge in [-0.15, -0.1) is 0 Å². The summed E-state index contributed by atoms with van der Waals surface area (Å²) in [6.45, 7) is 1.57. The Kier molecular flexibility index (Phi) is 6.01. The van der Waals surface area contributed by atoms with Crippen molar-refractivity contribution in [3.05, 3.63) is 52.5 Å². The molecule has 0 aromatic heterocycles. The quantitative estimate of drug-likeness (QED) is 0.755. The average molecular weight is 431 g/mol. The molecule has 3 amide bonds. The van der Waals surface area contributed by atoms with Crippen LogP contribution in [0.5, 0.6) is 0 Å². The number of nitrogens with one attached hydrogen (secondary N) is 2. The summed E-state index contributed by atoms with van der Waals surface area (Å²) in [5.74, 6) is 0.00671. The molecule has 0 aliphatic carbocycles. The Morgan fingerprint density at radius 3 is 2.30 bits per heavy atom. The van der Waals surface area contributed by atoms with Crippen LogP contribution in [0.3, 0.4) is 0 Å². The van der Waals surface area contributed by atoms with Crippen molar-refractivity contribution in [2.75, 3.05) is 42.7 Å². The molecule has 2 aromatic carbocycles. The molecule has 2 aromatic rings. The first-order valence-corrected chi connectivity index (χ1v) is 9.67. The van der Waals surface area contributed by atoms with Gasteiger partial charge in [-0.1, -0.05) is 22.0 Å². The molecule has 1 heterocycles. The van der Waals surface area contributed by atoms with Crippen LogP contribution in [0.2, 0.25) is 0 Å². The lowest BCUT2D eigenvalue weighted by Gasteiger charge is -2.22. The third-order valence-electron chi connectivity index (χ3n) is 4.44. The molecule has 1 saturated heterocycles. The predicted octanol–water partition coefficient (Wildman–Crippen LogP) is 4.40. The highest BCUT2D eigenvalue weighted by molar-refractivity contribution is 9.10. The maximum absolute atomic E-state index is 12.9. The number of likely N-dealkylation sites (tertiary alicyclic amines) is 1. The zero-order valence-corrected chi connectivity index (χ0v) is 17.0. The molecular weight excluding hydrogens is 408 g/mol. The van der Waals surface area contributed by atoms with E-state index in [-0.39, 0.29) is 11.9 Å². The van der Waals surface area contributed by atoms with Crippen molar-refractivity contribution in [1.82, 2.24) is 4.90 Å². The molecule has 1 aliphatic rings. The molecule has 7 heteroatoms. The molecule has 0 saturated carbocycles. The summed E-state index contributed by atoms with van der Waals surface area (Å²) in [7, 11) is 3.81. The largest absolute Gasteiger partial charge is 0.377 e. The van der Waals surface area contributed by atoms with Crippen LogP contribution in [0.4, 0.5) is 21.9 Å². The molecular formula is C20H23BrN4O2. The molecule has 0 spiro atoms. The monoisotopic (exact) mass is 430 g/mol. The lowest BCUT2D eigenvalue weighted by Crippen LogP contribution is -2.29. The van der Waals surface area contributed by atoms with E-state index in [9.17, 15) is 9.59 Å². The normalized spacial score (nSPS) is 13.4. The maximum Gasteiger partial charge on any atom is 0.323 e. The van der Waals surface area contributed by atoms with Gasteiger partial charge >= 0.3 is 6.03 Å². The molecule has 2 N–H and O–H groups in total. The first-order valence-electron chi connectivity index (χ1n) is 8.88. The van der Waals surface area contributed by atoms with Gasteiger partial charge in [0.15, 0.2) is 0 Å². The molecule has 0 unspecified atom stereocenters. The molecule has 27 heavy (non-hydrogen) atoms. The van der Waals surface area contributed by atoms with Crippen LogP contribution < -0.4 is 15.5 Å². The van der Waals surface area contributed by atoms with Gasteiger partial charge in [0.25, 0.3) is 5.91 Å². The minimum Gasteiger partial charge on any atom is -0.377 e. The second-order valence-electron chi connectivity index (χ2n) is 6.72. The number of carbonyl (C=O) groups excluding carboxylic acids is 2. The average Bonchev–Trinajstić information content (AvgIpc) is 3.15. The number of anilines is 3. The van der Waals surface area contributed by atoms with Gasteiger partial charge in [0, 0.05) is 48.7 Å². The topological polar surface area (TPSA) is 64.7 Å². The molecule has 0 bridgehead atoms. The van der Waals surface area contributed by atoms with Crippen LogP contribution in [-0.2, 0) is 0 Å². The summed E-state index contributed by atoms with van der Waals surface area (Å²) in [4.78, 5) is 29.0. The molecule has 3 rings (SSSR count).